The van der Waals surface area contributed by atoms with E-state index >= 15 is 0 Å². The third-order valence-electron chi connectivity index (χ3n) is 4.04. The minimum Gasteiger partial charge on any atom is -0.395 e. The van der Waals surface area contributed by atoms with Gasteiger partial charge in [0, 0.05) is 25.4 Å². The molecule has 0 aromatic carbocycles. The van der Waals surface area contributed by atoms with Crippen LogP contribution in [0.1, 0.15) is 0 Å². The predicted octanol–water partition coefficient (Wildman–Crippen LogP) is -3.19. The first-order chi connectivity index (χ1) is 12.7. The molecule has 5 atom stereocenters. The lowest BCUT2D eigenvalue weighted by Gasteiger charge is -2.18. The molecule has 154 valence electrons. The lowest BCUT2D eigenvalue weighted by Crippen LogP contribution is -2.38. The first kappa shape index (κ1) is 21.9. The normalized spacial score (nSPS) is 27.6. The minimum absolute atomic E-state index is 0.101. The van der Waals surface area contributed by atoms with Crippen LogP contribution in [0.15, 0.2) is 21.9 Å². The van der Waals surface area contributed by atoms with Crippen molar-refractivity contribution in [2.24, 2.45) is 0 Å². The summed E-state index contributed by atoms with van der Waals surface area (Å²) in [6, 6.07) is 1.13. The molecule has 1 aliphatic heterocycles. The molecule has 0 amide bonds. The Labute approximate surface area is 153 Å². The van der Waals surface area contributed by atoms with Crippen molar-refractivity contribution in [3.8, 4) is 0 Å². The topological polar surface area (TPSA) is 183 Å². The van der Waals surface area contributed by atoms with Crippen LogP contribution in [0.2, 0.25) is 0 Å². The number of nitrogens with one attached hydrogen (secondary N) is 2. The van der Waals surface area contributed by atoms with Crippen LogP contribution in [0, 0.1) is 0 Å². The van der Waals surface area contributed by atoms with Crippen molar-refractivity contribution in [3.05, 3.63) is 33.1 Å². The second-order valence-electron chi connectivity index (χ2n) is 6.09. The van der Waals surface area contributed by atoms with Gasteiger partial charge in [-0.25, -0.2) is 4.79 Å². The van der Waals surface area contributed by atoms with Crippen molar-refractivity contribution >= 4 is 7.60 Å². The maximum absolute atomic E-state index is 11.9. The molecule has 27 heavy (non-hydrogen) atoms. The van der Waals surface area contributed by atoms with Crippen LogP contribution in [-0.2, 0) is 20.4 Å². The first-order valence-electron chi connectivity index (χ1n) is 8.33. The van der Waals surface area contributed by atoms with Crippen molar-refractivity contribution < 1.29 is 34.0 Å². The van der Waals surface area contributed by atoms with Crippen LogP contribution in [0.5, 0.6) is 0 Å². The van der Waals surface area contributed by atoms with Gasteiger partial charge in [0.1, 0.15) is 24.4 Å². The quantitative estimate of drug-likeness (QED) is 0.170. The molecule has 1 fully saturated rings. The Balaban J connectivity index is 1.89. The third kappa shape index (κ3) is 6.33. The van der Waals surface area contributed by atoms with Crippen LogP contribution < -0.4 is 16.6 Å². The Morgan fingerprint density at radius 1 is 1.26 bits per heavy atom. The summed E-state index contributed by atoms with van der Waals surface area (Å²) in [4.78, 5) is 34.6. The zero-order chi connectivity index (χ0) is 20.0. The van der Waals surface area contributed by atoms with E-state index in [1.165, 1.54) is 6.20 Å². The predicted molar refractivity (Wildman–Crippen MR) is 92.6 cm³/mol. The minimum atomic E-state index is -3.94. The smallest absolute Gasteiger partial charge is 0.329 e. The number of aromatic amines is 1. The highest BCUT2D eigenvalue weighted by atomic mass is 31.2. The fraction of sp³-hybridized carbons (Fsp3) is 0.714. The second kappa shape index (κ2) is 9.71. The summed E-state index contributed by atoms with van der Waals surface area (Å²) in [6.45, 7) is -0.225. The van der Waals surface area contributed by atoms with Crippen LogP contribution in [0.3, 0.4) is 0 Å². The molecule has 0 spiro atoms. The molecule has 1 saturated heterocycles. The van der Waals surface area contributed by atoms with Gasteiger partial charge >= 0.3 is 13.3 Å². The number of hydrogen-bond acceptors (Lipinski definition) is 9. The van der Waals surface area contributed by atoms with Crippen LogP contribution >= 0.6 is 7.60 Å². The fourth-order valence-electron chi connectivity index (χ4n) is 2.57. The van der Waals surface area contributed by atoms with Gasteiger partial charge in [-0.2, -0.15) is 0 Å². The number of H-pyrrole nitrogens is 1. The maximum Gasteiger partial charge on any atom is 0.329 e. The third-order valence-corrected chi connectivity index (χ3v) is 5.38. The van der Waals surface area contributed by atoms with Crippen LogP contribution in [0.4, 0.5) is 0 Å². The van der Waals surface area contributed by atoms with E-state index in [-0.39, 0.29) is 32.4 Å². The molecule has 2 heterocycles. The van der Waals surface area contributed by atoms with Crippen molar-refractivity contribution in [2.45, 2.75) is 31.0 Å². The molecule has 12 nitrogen and oxygen atoms in total. The van der Waals surface area contributed by atoms with Gasteiger partial charge in [-0.15, -0.1) is 0 Å². The molecule has 1 aliphatic rings. The molecular weight excluding hydrogens is 385 g/mol. The molecule has 1 unspecified atom stereocenters. The summed E-state index contributed by atoms with van der Waals surface area (Å²) >= 11 is 0. The van der Waals surface area contributed by atoms with Gasteiger partial charge in [-0.3, -0.25) is 18.9 Å². The van der Waals surface area contributed by atoms with Crippen molar-refractivity contribution in [2.75, 3.05) is 32.5 Å². The van der Waals surface area contributed by atoms with Gasteiger partial charge in [-0.05, 0) is 0 Å². The molecule has 13 heteroatoms. The molecule has 0 radical (unpaired) electrons. The molecule has 0 saturated carbocycles. The highest BCUT2D eigenvalue weighted by Crippen LogP contribution is 2.42. The van der Waals surface area contributed by atoms with E-state index in [2.05, 4.69) is 10.3 Å². The summed E-state index contributed by atoms with van der Waals surface area (Å²) in [5.41, 5.74) is -1.26. The van der Waals surface area contributed by atoms with Crippen LogP contribution in [0.25, 0.3) is 0 Å². The number of aromatic nitrogens is 2. The van der Waals surface area contributed by atoms with E-state index in [1.807, 2.05) is 0 Å². The SMILES string of the molecule is O=c1ccn(C[C@@H]2O[C@H](COP(=O)(O)CCNCCO)[C@@H](O)[C@H]2O)c(=O)[nH]1. The maximum atomic E-state index is 11.9. The van der Waals surface area contributed by atoms with E-state index in [0.717, 1.165) is 10.6 Å². The Morgan fingerprint density at radius 3 is 2.63 bits per heavy atom. The van der Waals surface area contributed by atoms with Crippen LogP contribution in [-0.4, -0.2) is 86.6 Å². The summed E-state index contributed by atoms with van der Waals surface area (Å²) in [5.74, 6) is 0. The number of hydrogen-bond donors (Lipinski definition) is 6. The summed E-state index contributed by atoms with van der Waals surface area (Å²) < 4.78 is 23.4. The number of aliphatic hydroxyl groups excluding tert-OH is 3. The van der Waals surface area contributed by atoms with Gasteiger partial charge in [-0.1, -0.05) is 0 Å². The number of nitrogens with zero attached hydrogens (tertiary/aromatic N) is 1. The Kier molecular flexibility index (Phi) is 7.89. The molecular formula is C14H24N3O9P. The Bertz CT molecular complexity index is 767. The lowest BCUT2D eigenvalue weighted by atomic mass is 10.1. The highest BCUT2D eigenvalue weighted by molar-refractivity contribution is 7.52. The molecule has 0 aliphatic carbocycles. The summed E-state index contributed by atoms with van der Waals surface area (Å²) in [6.07, 6.45) is -3.72. The Morgan fingerprint density at radius 2 is 1.96 bits per heavy atom. The zero-order valence-electron chi connectivity index (χ0n) is 14.4. The number of ether oxygens (including phenoxy) is 1. The standard InChI is InChI=1S/C14H24N3O9P/c18-5-2-15-3-6-27(23,24)25-8-10-13(21)12(20)9(26-10)7-17-4-1-11(19)16-14(17)22/h1,4,9-10,12-13,15,18,20-21H,2-3,5-8H2,(H,23,24)(H,16,19,22)/t9-,10+,12-,13+/m0/s1. The molecule has 0 bridgehead atoms. The summed E-state index contributed by atoms with van der Waals surface area (Å²) in [5, 5.41) is 31.5. The van der Waals surface area contributed by atoms with E-state index in [0.29, 0.717) is 0 Å². The monoisotopic (exact) mass is 409 g/mol. The van der Waals surface area contributed by atoms with Gasteiger partial charge in [0.25, 0.3) is 5.56 Å². The average Bonchev–Trinajstić information content (AvgIpc) is 2.87. The van der Waals surface area contributed by atoms with Gasteiger partial charge in [0.2, 0.25) is 0 Å². The largest absolute Gasteiger partial charge is 0.395 e. The van der Waals surface area contributed by atoms with Crippen molar-refractivity contribution in [3.63, 3.8) is 0 Å². The number of rotatable bonds is 10. The van der Waals surface area contributed by atoms with E-state index in [1.54, 1.807) is 0 Å². The lowest BCUT2D eigenvalue weighted by molar-refractivity contribution is -0.0232. The molecule has 6 N–H and O–H groups in total. The van der Waals surface area contributed by atoms with Gasteiger partial charge in [0.15, 0.2) is 0 Å². The average molecular weight is 409 g/mol. The molecule has 1 aromatic heterocycles. The Hall–Kier alpha value is -1.37. The number of aliphatic hydroxyl groups is 3. The zero-order valence-corrected chi connectivity index (χ0v) is 15.3. The van der Waals surface area contributed by atoms with Crippen molar-refractivity contribution in [1.82, 2.24) is 14.9 Å². The van der Waals surface area contributed by atoms with Gasteiger partial charge in [0.05, 0.1) is 25.9 Å². The van der Waals surface area contributed by atoms with E-state index in [4.69, 9.17) is 14.4 Å². The molecule has 1 aromatic rings. The van der Waals surface area contributed by atoms with Crippen molar-refractivity contribution in [1.29, 1.82) is 0 Å². The summed E-state index contributed by atoms with van der Waals surface area (Å²) in [7, 11) is -3.94. The fourth-order valence-corrected chi connectivity index (χ4v) is 3.52. The van der Waals surface area contributed by atoms with E-state index < -0.39 is 49.9 Å². The van der Waals surface area contributed by atoms with E-state index in [9.17, 15) is 29.3 Å². The first-order valence-corrected chi connectivity index (χ1v) is 10.1. The van der Waals surface area contributed by atoms with Gasteiger partial charge < -0.3 is 34.8 Å². The highest BCUT2D eigenvalue weighted by Gasteiger charge is 2.43. The second-order valence-corrected chi connectivity index (χ2v) is 8.07. The molecule has 2 rings (SSSR count).